The van der Waals surface area contributed by atoms with Crippen molar-refractivity contribution in [1.29, 1.82) is 5.26 Å². The first-order valence-corrected chi connectivity index (χ1v) is 8.12. The molecule has 1 N–H and O–H groups in total. The van der Waals surface area contributed by atoms with E-state index < -0.39 is 10.0 Å². The van der Waals surface area contributed by atoms with Crippen molar-refractivity contribution in [3.05, 3.63) is 29.8 Å². The minimum atomic E-state index is -3.61. The Morgan fingerprint density at radius 1 is 1.38 bits per heavy atom. The fraction of sp³-hybridized carbons (Fsp3) is 0.400. The Labute approximate surface area is 124 Å². The molecule has 1 aromatic rings. The molecule has 0 spiro atoms. The smallest absolute Gasteiger partial charge is 0.243 e. The zero-order valence-electron chi connectivity index (χ0n) is 11.5. The van der Waals surface area contributed by atoms with Crippen LogP contribution in [0.2, 0.25) is 0 Å². The number of aliphatic hydroxyl groups excluding tert-OH is 1. The van der Waals surface area contributed by atoms with Crippen molar-refractivity contribution in [1.82, 2.24) is 4.31 Å². The molecule has 0 saturated heterocycles. The van der Waals surface area contributed by atoms with Crippen molar-refractivity contribution in [3.63, 3.8) is 0 Å². The molecule has 0 amide bonds. The Bertz CT molecular complexity index is 706. The Kier molecular flexibility index (Phi) is 4.98. The topological polar surface area (TPSA) is 81.4 Å². The summed E-state index contributed by atoms with van der Waals surface area (Å²) in [5.41, 5.74) is 0.543. The maximum atomic E-state index is 12.7. The van der Waals surface area contributed by atoms with Gasteiger partial charge in [0.15, 0.2) is 0 Å². The number of sulfonamides is 1. The fourth-order valence-electron chi connectivity index (χ4n) is 2.03. The van der Waals surface area contributed by atoms with Crippen LogP contribution in [0.3, 0.4) is 0 Å². The molecule has 2 rings (SSSR count). The molecule has 110 valence electrons. The molecule has 1 aromatic carbocycles. The van der Waals surface area contributed by atoms with Gasteiger partial charge < -0.3 is 5.11 Å². The molecular weight excluding hydrogens is 288 g/mol. The minimum absolute atomic E-state index is 0.00975. The largest absolute Gasteiger partial charge is 0.384 e. The standard InChI is InChI=1S/C15H16N2O3S/c16-9-3-10-17(14-7-8-14)21(19,20)15-6-1-4-13(12-15)5-2-11-18/h1,4,6,12,14,18H,3,7-8,10-11H2. The van der Waals surface area contributed by atoms with E-state index in [1.165, 1.54) is 16.4 Å². The highest BCUT2D eigenvalue weighted by molar-refractivity contribution is 7.89. The third kappa shape index (κ3) is 3.83. The van der Waals surface area contributed by atoms with Crippen LogP contribution in [0.1, 0.15) is 24.8 Å². The third-order valence-electron chi connectivity index (χ3n) is 3.15. The molecule has 21 heavy (non-hydrogen) atoms. The lowest BCUT2D eigenvalue weighted by atomic mass is 10.2. The number of aliphatic hydroxyl groups is 1. The van der Waals surface area contributed by atoms with Crippen LogP contribution in [0.25, 0.3) is 0 Å². The van der Waals surface area contributed by atoms with Gasteiger partial charge in [0.25, 0.3) is 0 Å². The summed E-state index contributed by atoms with van der Waals surface area (Å²) in [6, 6.07) is 8.35. The van der Waals surface area contributed by atoms with Gasteiger partial charge in [-0.15, -0.1) is 0 Å². The van der Waals surface area contributed by atoms with Crippen LogP contribution in [0.15, 0.2) is 29.2 Å². The van der Waals surface area contributed by atoms with E-state index >= 15 is 0 Å². The quantitative estimate of drug-likeness (QED) is 0.826. The van der Waals surface area contributed by atoms with E-state index in [4.69, 9.17) is 10.4 Å². The second-order valence-electron chi connectivity index (χ2n) is 4.74. The van der Waals surface area contributed by atoms with Crippen molar-refractivity contribution in [2.24, 2.45) is 0 Å². The Hall–Kier alpha value is -1.86. The Morgan fingerprint density at radius 2 is 2.14 bits per heavy atom. The van der Waals surface area contributed by atoms with E-state index in [0.29, 0.717) is 5.56 Å². The van der Waals surface area contributed by atoms with Crippen LogP contribution in [0.5, 0.6) is 0 Å². The average Bonchev–Trinajstić information content (AvgIpc) is 3.30. The van der Waals surface area contributed by atoms with Crippen LogP contribution in [0, 0.1) is 23.2 Å². The van der Waals surface area contributed by atoms with Crippen LogP contribution in [-0.2, 0) is 10.0 Å². The van der Waals surface area contributed by atoms with Crippen molar-refractivity contribution >= 4 is 10.0 Å². The molecule has 1 fully saturated rings. The van der Waals surface area contributed by atoms with Gasteiger partial charge in [-0.3, -0.25) is 0 Å². The molecular formula is C15H16N2O3S. The molecule has 0 aliphatic heterocycles. The summed E-state index contributed by atoms with van der Waals surface area (Å²) in [5.74, 6) is 5.19. The molecule has 5 nitrogen and oxygen atoms in total. The molecule has 0 unspecified atom stereocenters. The Morgan fingerprint density at radius 3 is 2.76 bits per heavy atom. The van der Waals surface area contributed by atoms with E-state index in [0.717, 1.165) is 12.8 Å². The van der Waals surface area contributed by atoms with E-state index in [1.54, 1.807) is 12.1 Å². The van der Waals surface area contributed by atoms with Gasteiger partial charge in [-0.25, -0.2) is 8.42 Å². The highest BCUT2D eigenvalue weighted by Crippen LogP contribution is 2.32. The first-order valence-electron chi connectivity index (χ1n) is 6.68. The average molecular weight is 304 g/mol. The lowest BCUT2D eigenvalue weighted by Crippen LogP contribution is -2.34. The van der Waals surface area contributed by atoms with E-state index in [2.05, 4.69) is 11.8 Å². The molecule has 6 heteroatoms. The lowest BCUT2D eigenvalue weighted by Gasteiger charge is -2.20. The number of rotatable bonds is 5. The van der Waals surface area contributed by atoms with Crippen LogP contribution < -0.4 is 0 Å². The summed E-state index contributed by atoms with van der Waals surface area (Å²) in [7, 11) is -3.61. The van der Waals surface area contributed by atoms with Gasteiger partial charge in [0, 0.05) is 24.6 Å². The van der Waals surface area contributed by atoms with Gasteiger partial charge in [-0.1, -0.05) is 17.9 Å². The van der Waals surface area contributed by atoms with Crippen LogP contribution >= 0.6 is 0 Å². The number of hydrogen-bond acceptors (Lipinski definition) is 4. The normalized spacial score (nSPS) is 14.3. The zero-order valence-corrected chi connectivity index (χ0v) is 12.3. The maximum absolute atomic E-state index is 12.7. The molecule has 1 saturated carbocycles. The van der Waals surface area contributed by atoms with Gasteiger partial charge >= 0.3 is 0 Å². The van der Waals surface area contributed by atoms with E-state index in [1.807, 2.05) is 6.07 Å². The lowest BCUT2D eigenvalue weighted by molar-refractivity contribution is 0.350. The van der Waals surface area contributed by atoms with E-state index in [-0.39, 0.29) is 30.5 Å². The number of hydrogen-bond donors (Lipinski definition) is 1. The first kappa shape index (κ1) is 15.5. The number of benzene rings is 1. The van der Waals surface area contributed by atoms with E-state index in [9.17, 15) is 8.42 Å². The van der Waals surface area contributed by atoms with Crippen molar-refractivity contribution in [3.8, 4) is 17.9 Å². The second kappa shape index (κ2) is 6.73. The molecule has 0 radical (unpaired) electrons. The fourth-order valence-corrected chi connectivity index (χ4v) is 3.77. The first-order chi connectivity index (χ1) is 10.1. The summed E-state index contributed by atoms with van der Waals surface area (Å²) < 4.78 is 26.7. The SMILES string of the molecule is N#CCCN(C1CC1)S(=O)(=O)c1cccc(C#CCO)c1. The summed E-state index contributed by atoms with van der Waals surface area (Å²) in [4.78, 5) is 0.178. The van der Waals surface area contributed by atoms with Crippen molar-refractivity contribution in [2.45, 2.75) is 30.2 Å². The highest BCUT2D eigenvalue weighted by atomic mass is 32.2. The van der Waals surface area contributed by atoms with Gasteiger partial charge in [0.05, 0.1) is 11.0 Å². The predicted octanol–water partition coefficient (Wildman–Crippen LogP) is 1.10. The molecule has 1 aliphatic rings. The molecule has 1 aliphatic carbocycles. The predicted molar refractivity (Wildman–Crippen MR) is 77.5 cm³/mol. The number of nitriles is 1. The Balaban J connectivity index is 2.31. The van der Waals surface area contributed by atoms with Crippen molar-refractivity contribution in [2.75, 3.05) is 13.2 Å². The third-order valence-corrected chi connectivity index (χ3v) is 5.10. The maximum Gasteiger partial charge on any atom is 0.243 e. The number of nitrogens with zero attached hydrogens (tertiary/aromatic N) is 2. The molecule has 0 bridgehead atoms. The highest BCUT2D eigenvalue weighted by Gasteiger charge is 2.37. The van der Waals surface area contributed by atoms with Gasteiger partial charge in [0.1, 0.15) is 6.61 Å². The summed E-state index contributed by atoms with van der Waals surface area (Å²) in [6.45, 7) is -0.0522. The monoisotopic (exact) mass is 304 g/mol. The molecule has 0 aromatic heterocycles. The summed E-state index contributed by atoms with van der Waals surface area (Å²) in [5, 5.41) is 17.4. The molecule has 0 atom stereocenters. The summed E-state index contributed by atoms with van der Waals surface area (Å²) in [6.07, 6.45) is 1.86. The zero-order chi connectivity index (χ0) is 15.3. The summed E-state index contributed by atoms with van der Waals surface area (Å²) >= 11 is 0. The van der Waals surface area contributed by atoms with Crippen LogP contribution in [0.4, 0.5) is 0 Å². The molecule has 0 heterocycles. The van der Waals surface area contributed by atoms with Gasteiger partial charge in [-0.05, 0) is 31.0 Å². The van der Waals surface area contributed by atoms with Crippen molar-refractivity contribution < 1.29 is 13.5 Å². The van der Waals surface area contributed by atoms with Gasteiger partial charge in [-0.2, -0.15) is 9.57 Å². The van der Waals surface area contributed by atoms with Crippen LogP contribution in [-0.4, -0.2) is 37.0 Å². The second-order valence-corrected chi connectivity index (χ2v) is 6.63. The minimum Gasteiger partial charge on any atom is -0.384 e. The van der Waals surface area contributed by atoms with Gasteiger partial charge in [0.2, 0.25) is 10.0 Å².